The fraction of sp³-hybridized carbons (Fsp3) is 0.391. The number of fused-ring (bicyclic) bond motifs is 3. The molecule has 0 saturated heterocycles. The fourth-order valence-corrected chi connectivity index (χ4v) is 4.86. The smallest absolute Gasteiger partial charge is 0.343 e. The van der Waals surface area contributed by atoms with E-state index in [9.17, 15) is 9.59 Å². The van der Waals surface area contributed by atoms with Crippen LogP contribution in [0.25, 0.3) is 0 Å². The maximum atomic E-state index is 12.9. The lowest BCUT2D eigenvalue weighted by Gasteiger charge is -2.38. The van der Waals surface area contributed by atoms with Gasteiger partial charge in [-0.05, 0) is 38.1 Å². The average molecular weight is 425 g/mol. The molecule has 2 aromatic carbocycles. The Hall–Kier alpha value is -3.26. The number of hydrogen-bond acceptors (Lipinski definition) is 8. The molecule has 2 aromatic rings. The van der Waals surface area contributed by atoms with Gasteiger partial charge in [-0.25, -0.2) is 4.79 Å². The van der Waals surface area contributed by atoms with Crippen LogP contribution in [0.2, 0.25) is 0 Å². The number of ether oxygens (including phenoxy) is 5. The van der Waals surface area contributed by atoms with Gasteiger partial charge in [0.1, 0.15) is 17.4 Å². The number of cyclic esters (lactones) is 1. The van der Waals surface area contributed by atoms with Crippen LogP contribution in [0.15, 0.2) is 18.2 Å². The number of ketones is 1. The van der Waals surface area contributed by atoms with Gasteiger partial charge in [0, 0.05) is 17.7 Å². The Bertz CT molecular complexity index is 1110. The zero-order chi connectivity index (χ0) is 21.9. The molecule has 0 bridgehead atoms. The molecule has 3 heterocycles. The molecular formula is C23H23NO7. The summed E-state index contributed by atoms with van der Waals surface area (Å²) in [7, 11) is 5.04. The number of esters is 1. The third kappa shape index (κ3) is 2.78. The molecule has 8 nitrogen and oxygen atoms in total. The average Bonchev–Trinajstić information content (AvgIpc) is 3.35. The minimum absolute atomic E-state index is 0.140. The molecule has 5 rings (SSSR count). The van der Waals surface area contributed by atoms with Crippen molar-refractivity contribution in [2.24, 2.45) is 0 Å². The molecule has 3 aliphatic heterocycles. The summed E-state index contributed by atoms with van der Waals surface area (Å²) in [6.45, 7) is 2.36. The molecule has 0 fully saturated rings. The number of methoxy groups -OCH3 is 2. The minimum atomic E-state index is -0.587. The van der Waals surface area contributed by atoms with Gasteiger partial charge in [0.25, 0.3) is 0 Å². The molecule has 8 heteroatoms. The second kappa shape index (κ2) is 7.16. The van der Waals surface area contributed by atoms with Crippen LogP contribution in [0, 0.1) is 0 Å². The van der Waals surface area contributed by atoms with Crippen LogP contribution in [-0.4, -0.2) is 51.3 Å². The molecule has 0 spiro atoms. The molecule has 0 radical (unpaired) electrons. The third-order valence-electron chi connectivity index (χ3n) is 6.26. The topological polar surface area (TPSA) is 83.5 Å². The van der Waals surface area contributed by atoms with E-state index >= 15 is 0 Å². The van der Waals surface area contributed by atoms with Crippen LogP contribution < -0.4 is 18.9 Å². The number of nitrogens with zero attached hydrogens (tertiary/aromatic N) is 1. The van der Waals surface area contributed by atoms with Crippen molar-refractivity contribution in [2.45, 2.75) is 25.5 Å². The zero-order valence-electron chi connectivity index (χ0n) is 17.8. The lowest BCUT2D eigenvalue weighted by molar-refractivity contribution is 0.00874. The SMILES string of the molecule is COc1c(C(C)=O)ccc2c1C(=O)OC2C1c2c(cc3c(c2OC)OCO3)CCN1C. The summed E-state index contributed by atoms with van der Waals surface area (Å²) < 4.78 is 28.4. The maximum Gasteiger partial charge on any atom is 0.343 e. The quantitative estimate of drug-likeness (QED) is 0.546. The van der Waals surface area contributed by atoms with Crippen molar-refractivity contribution >= 4 is 11.8 Å². The van der Waals surface area contributed by atoms with E-state index < -0.39 is 12.1 Å². The Morgan fingerprint density at radius 2 is 1.94 bits per heavy atom. The first-order valence-electron chi connectivity index (χ1n) is 10.1. The Morgan fingerprint density at radius 1 is 1.16 bits per heavy atom. The summed E-state index contributed by atoms with van der Waals surface area (Å²) in [5.41, 5.74) is 3.34. The van der Waals surface area contributed by atoms with E-state index in [4.69, 9.17) is 23.7 Å². The lowest BCUT2D eigenvalue weighted by Crippen LogP contribution is -2.36. The molecule has 3 aliphatic rings. The Balaban J connectivity index is 1.69. The van der Waals surface area contributed by atoms with E-state index in [1.54, 1.807) is 19.2 Å². The first kappa shape index (κ1) is 19.7. The maximum absolute atomic E-state index is 12.9. The van der Waals surface area contributed by atoms with Crippen molar-refractivity contribution in [1.29, 1.82) is 0 Å². The Labute approximate surface area is 179 Å². The Morgan fingerprint density at radius 3 is 2.65 bits per heavy atom. The number of Topliss-reactive ketones (excluding diaryl/α,β-unsaturated/α-hetero) is 1. The molecule has 2 atom stereocenters. The highest BCUT2D eigenvalue weighted by Crippen LogP contribution is 2.54. The second-order valence-electron chi connectivity index (χ2n) is 7.88. The van der Waals surface area contributed by atoms with Gasteiger partial charge >= 0.3 is 5.97 Å². The lowest BCUT2D eigenvalue weighted by atomic mass is 9.85. The van der Waals surface area contributed by atoms with Gasteiger partial charge in [0.2, 0.25) is 12.5 Å². The fourth-order valence-electron chi connectivity index (χ4n) is 4.86. The van der Waals surface area contributed by atoms with Gasteiger partial charge in [-0.3, -0.25) is 9.69 Å². The summed E-state index contributed by atoms with van der Waals surface area (Å²) in [5, 5.41) is 0. The summed E-state index contributed by atoms with van der Waals surface area (Å²) in [6, 6.07) is 5.16. The van der Waals surface area contributed by atoms with Crippen molar-refractivity contribution in [2.75, 3.05) is 34.6 Å². The highest BCUT2D eigenvalue weighted by atomic mass is 16.7. The van der Waals surface area contributed by atoms with Crippen LogP contribution in [0.5, 0.6) is 23.0 Å². The van der Waals surface area contributed by atoms with Gasteiger partial charge in [0.05, 0.1) is 25.8 Å². The highest BCUT2D eigenvalue weighted by molar-refractivity contribution is 6.04. The third-order valence-corrected chi connectivity index (χ3v) is 6.26. The number of carbonyl (C=O) groups excluding carboxylic acids is 2. The predicted molar refractivity (Wildman–Crippen MR) is 109 cm³/mol. The second-order valence-corrected chi connectivity index (χ2v) is 7.88. The monoisotopic (exact) mass is 425 g/mol. The van der Waals surface area contributed by atoms with Gasteiger partial charge < -0.3 is 23.7 Å². The summed E-state index contributed by atoms with van der Waals surface area (Å²) in [5.74, 6) is 1.41. The van der Waals surface area contributed by atoms with E-state index in [0.29, 0.717) is 33.9 Å². The first-order chi connectivity index (χ1) is 15.0. The summed E-state index contributed by atoms with van der Waals surface area (Å²) >= 11 is 0. The zero-order valence-corrected chi connectivity index (χ0v) is 17.8. The number of benzene rings is 2. The summed E-state index contributed by atoms with van der Waals surface area (Å²) in [4.78, 5) is 27.1. The Kier molecular flexibility index (Phi) is 4.55. The molecule has 0 aliphatic carbocycles. The van der Waals surface area contributed by atoms with Crippen LogP contribution in [0.1, 0.15) is 56.5 Å². The van der Waals surface area contributed by atoms with Crippen LogP contribution in [-0.2, 0) is 11.2 Å². The minimum Gasteiger partial charge on any atom is -0.495 e. The van der Waals surface area contributed by atoms with Crippen molar-refractivity contribution in [3.63, 3.8) is 0 Å². The number of carbonyl (C=O) groups is 2. The molecule has 0 amide bonds. The highest BCUT2D eigenvalue weighted by Gasteiger charge is 2.46. The van der Waals surface area contributed by atoms with Gasteiger partial charge in [-0.2, -0.15) is 0 Å². The van der Waals surface area contributed by atoms with Gasteiger partial charge in [-0.15, -0.1) is 0 Å². The van der Waals surface area contributed by atoms with Crippen LogP contribution in [0.3, 0.4) is 0 Å². The standard InChI is InChI=1S/C23H23NO7/c1-11(25)13-5-6-14-17(19(13)27-3)23(26)31-20(14)18-16-12(7-8-24(18)2)9-15-21(22(16)28-4)30-10-29-15/h5-6,9,18,20H,7-8,10H2,1-4H3. The number of rotatable bonds is 4. The van der Waals surface area contributed by atoms with E-state index in [2.05, 4.69) is 4.90 Å². The molecule has 0 aromatic heterocycles. The predicted octanol–water partition coefficient (Wildman–Crippen LogP) is 3.08. The molecule has 162 valence electrons. The molecule has 0 N–H and O–H groups in total. The van der Waals surface area contributed by atoms with Crippen molar-refractivity contribution < 1.29 is 33.3 Å². The van der Waals surface area contributed by atoms with Gasteiger partial charge in [0.15, 0.2) is 17.3 Å². The van der Waals surface area contributed by atoms with Crippen molar-refractivity contribution in [3.05, 3.63) is 46.0 Å². The van der Waals surface area contributed by atoms with Crippen molar-refractivity contribution in [3.8, 4) is 23.0 Å². The normalized spacial score (nSPS) is 21.4. The van der Waals surface area contributed by atoms with E-state index in [1.807, 2.05) is 13.1 Å². The van der Waals surface area contributed by atoms with Crippen molar-refractivity contribution in [1.82, 2.24) is 4.90 Å². The molecule has 31 heavy (non-hydrogen) atoms. The molecule has 0 saturated carbocycles. The van der Waals surface area contributed by atoms with E-state index in [1.165, 1.54) is 14.0 Å². The van der Waals surface area contributed by atoms with E-state index in [0.717, 1.165) is 24.1 Å². The largest absolute Gasteiger partial charge is 0.495 e. The molecule has 2 unspecified atom stereocenters. The van der Waals surface area contributed by atoms with E-state index in [-0.39, 0.29) is 24.4 Å². The van der Waals surface area contributed by atoms with Gasteiger partial charge in [-0.1, -0.05) is 6.07 Å². The first-order valence-corrected chi connectivity index (χ1v) is 10.1. The van der Waals surface area contributed by atoms with Crippen LogP contribution >= 0.6 is 0 Å². The van der Waals surface area contributed by atoms with Crippen LogP contribution in [0.4, 0.5) is 0 Å². The number of likely N-dealkylation sites (N-methyl/N-ethyl adjacent to an activating group) is 1. The molecular weight excluding hydrogens is 402 g/mol. The number of hydrogen-bond donors (Lipinski definition) is 0. The summed E-state index contributed by atoms with van der Waals surface area (Å²) in [6.07, 6.45) is 0.214.